The van der Waals surface area contributed by atoms with E-state index >= 15 is 0 Å². The van der Waals surface area contributed by atoms with Crippen molar-refractivity contribution >= 4 is 39.4 Å². The third-order valence-electron chi connectivity index (χ3n) is 7.01. The quantitative estimate of drug-likeness (QED) is 0.452. The van der Waals surface area contributed by atoms with Gasteiger partial charge >= 0.3 is 0 Å². The smallest absolute Gasteiger partial charge is 0.288 e. The Morgan fingerprint density at radius 1 is 1.15 bits per heavy atom. The number of nitrogens with one attached hydrogen (secondary N) is 1. The van der Waals surface area contributed by atoms with Gasteiger partial charge in [-0.3, -0.25) is 9.00 Å². The van der Waals surface area contributed by atoms with E-state index in [0.717, 1.165) is 12.8 Å². The lowest BCUT2D eigenvalue weighted by molar-refractivity contribution is -0.113. The average Bonchev–Trinajstić information content (AvgIpc) is 3.22. The Bertz CT molecular complexity index is 1280. The Labute approximate surface area is 197 Å². The van der Waals surface area contributed by atoms with Gasteiger partial charge in [0.05, 0.1) is 22.0 Å². The van der Waals surface area contributed by atoms with Gasteiger partial charge in [-0.25, -0.2) is 4.98 Å². The monoisotopic (exact) mass is 488 g/mol. The fourth-order valence-corrected chi connectivity index (χ4v) is 7.10. The number of oxazole rings is 1. The lowest BCUT2D eigenvalue weighted by Gasteiger charge is -2.64. The number of halogens is 1. The van der Waals surface area contributed by atoms with Crippen LogP contribution in [0.25, 0.3) is 11.1 Å². The van der Waals surface area contributed by atoms with E-state index in [9.17, 15) is 9.00 Å². The molecule has 0 bridgehead atoms. The summed E-state index contributed by atoms with van der Waals surface area (Å²) in [7, 11) is -1.21. The van der Waals surface area contributed by atoms with Crippen LogP contribution in [-0.2, 0) is 16.3 Å². The molecule has 0 unspecified atom stereocenters. The summed E-state index contributed by atoms with van der Waals surface area (Å²) in [5, 5.41) is 3.82. The molecule has 2 aromatic heterocycles. The van der Waals surface area contributed by atoms with E-state index < -0.39 is 27.9 Å². The molecule has 33 heavy (non-hydrogen) atoms. The molecule has 10 heteroatoms. The van der Waals surface area contributed by atoms with Crippen molar-refractivity contribution in [3.63, 3.8) is 0 Å². The Hall–Kier alpha value is -2.20. The molecule has 6 rings (SSSR count). The minimum Gasteiger partial charge on any atom is -0.442 e. The average molecular weight is 489 g/mol. The number of fused-ring (bicyclic) bond motifs is 1. The highest BCUT2D eigenvalue weighted by atomic mass is 35.5. The molecule has 2 heterocycles. The molecule has 1 amide bonds. The maximum Gasteiger partial charge on any atom is 0.288 e. The van der Waals surface area contributed by atoms with Gasteiger partial charge in [0.1, 0.15) is 5.52 Å². The van der Waals surface area contributed by atoms with Crippen molar-refractivity contribution in [2.75, 3.05) is 5.75 Å². The summed E-state index contributed by atoms with van der Waals surface area (Å²) < 4.78 is 23.7. The number of hydrogen-bond acceptors (Lipinski definition) is 7. The molecular weight excluding hydrogens is 464 g/mol. The van der Waals surface area contributed by atoms with Crippen LogP contribution in [0.1, 0.15) is 55.0 Å². The topological polar surface area (TPSA) is 137 Å². The highest BCUT2D eigenvalue weighted by molar-refractivity contribution is 7.84. The predicted molar refractivity (Wildman–Crippen MR) is 123 cm³/mol. The van der Waals surface area contributed by atoms with E-state index in [4.69, 9.17) is 31.9 Å². The first kappa shape index (κ1) is 21.3. The van der Waals surface area contributed by atoms with Crippen molar-refractivity contribution in [1.29, 1.82) is 0 Å². The standard InChI is InChI=1S/C23H25ClN4O4S/c24-14-3-4-16-15(7-14)27-20(32-16)22(25)9-21(10-22)11-23(26,12-21)28-19(29)17-5-6-18(31-17)33(30)8-13-1-2-13/h3-7,13H,1-2,8-12,25-26H2,(H,28,29)/t21?,22?,23?,33-/m0/s1. The molecule has 0 radical (unpaired) electrons. The minimum atomic E-state index is -1.21. The van der Waals surface area contributed by atoms with Gasteiger partial charge < -0.3 is 25.6 Å². The van der Waals surface area contributed by atoms with Crippen molar-refractivity contribution in [2.45, 2.75) is 54.8 Å². The molecule has 3 fully saturated rings. The van der Waals surface area contributed by atoms with E-state index in [2.05, 4.69) is 10.3 Å². The number of amides is 1. The van der Waals surface area contributed by atoms with Crippen LogP contribution in [0.15, 0.2) is 44.3 Å². The number of rotatable bonds is 6. The number of hydrogen-bond donors (Lipinski definition) is 3. The number of nitrogens with zero attached hydrogens (tertiary/aromatic N) is 1. The van der Waals surface area contributed by atoms with E-state index in [1.807, 2.05) is 0 Å². The zero-order chi connectivity index (χ0) is 23.0. The largest absolute Gasteiger partial charge is 0.442 e. The van der Waals surface area contributed by atoms with Crippen LogP contribution in [0.4, 0.5) is 0 Å². The maximum atomic E-state index is 12.7. The normalized spacial score (nSPS) is 31.8. The maximum absolute atomic E-state index is 12.7. The molecule has 1 atom stereocenters. The fraction of sp³-hybridized carbons (Fsp3) is 0.478. The predicted octanol–water partition coefficient (Wildman–Crippen LogP) is 3.40. The van der Waals surface area contributed by atoms with E-state index in [-0.39, 0.29) is 11.2 Å². The molecule has 5 N–H and O–H groups in total. The second-order valence-electron chi connectivity index (χ2n) is 10.2. The number of carbonyl (C=O) groups excluding carboxylic acids is 1. The fourth-order valence-electron chi connectivity index (χ4n) is 5.61. The first-order chi connectivity index (χ1) is 15.6. The van der Waals surface area contributed by atoms with Gasteiger partial charge in [0.25, 0.3) is 5.91 Å². The van der Waals surface area contributed by atoms with Crippen molar-refractivity contribution in [2.24, 2.45) is 22.8 Å². The zero-order valence-corrected chi connectivity index (χ0v) is 19.5. The van der Waals surface area contributed by atoms with Gasteiger partial charge in [-0.05, 0) is 80.2 Å². The van der Waals surface area contributed by atoms with Crippen LogP contribution >= 0.6 is 11.6 Å². The number of furan rings is 1. The van der Waals surface area contributed by atoms with Crippen molar-refractivity contribution in [3.8, 4) is 0 Å². The van der Waals surface area contributed by atoms with E-state index in [1.54, 1.807) is 30.3 Å². The Morgan fingerprint density at radius 3 is 2.64 bits per heavy atom. The van der Waals surface area contributed by atoms with Gasteiger partial charge in [0, 0.05) is 10.8 Å². The van der Waals surface area contributed by atoms with Crippen LogP contribution in [0.5, 0.6) is 0 Å². The lowest BCUT2D eigenvalue weighted by atomic mass is 9.45. The summed E-state index contributed by atoms with van der Waals surface area (Å²) in [6, 6.07) is 8.47. The van der Waals surface area contributed by atoms with Gasteiger partial charge in [0.2, 0.25) is 5.89 Å². The Morgan fingerprint density at radius 2 is 1.91 bits per heavy atom. The van der Waals surface area contributed by atoms with E-state index in [0.29, 0.717) is 64.5 Å². The van der Waals surface area contributed by atoms with Crippen molar-refractivity contribution < 1.29 is 17.8 Å². The molecule has 3 aliphatic carbocycles. The van der Waals surface area contributed by atoms with Gasteiger partial charge in [-0.15, -0.1) is 0 Å². The number of aromatic nitrogens is 1. The van der Waals surface area contributed by atoms with Gasteiger partial charge in [0.15, 0.2) is 16.4 Å². The van der Waals surface area contributed by atoms with E-state index in [1.165, 1.54) is 0 Å². The highest BCUT2D eigenvalue weighted by Gasteiger charge is 2.65. The molecule has 3 saturated carbocycles. The first-order valence-corrected chi connectivity index (χ1v) is 12.8. The number of nitrogens with two attached hydrogens (primary N) is 2. The molecule has 8 nitrogen and oxygen atoms in total. The number of carbonyl (C=O) groups is 1. The molecule has 3 aromatic rings. The molecule has 1 aromatic carbocycles. The highest BCUT2D eigenvalue weighted by Crippen LogP contribution is 2.64. The summed E-state index contributed by atoms with van der Waals surface area (Å²) in [4.78, 5) is 17.2. The molecule has 0 saturated heterocycles. The Balaban J connectivity index is 1.07. The molecule has 3 aliphatic rings. The summed E-state index contributed by atoms with van der Waals surface area (Å²) >= 11 is 6.04. The van der Waals surface area contributed by atoms with Gasteiger partial charge in [-0.1, -0.05) is 11.6 Å². The zero-order valence-electron chi connectivity index (χ0n) is 17.9. The number of benzene rings is 1. The van der Waals surface area contributed by atoms with Gasteiger partial charge in [-0.2, -0.15) is 0 Å². The van der Waals surface area contributed by atoms with Crippen LogP contribution in [0, 0.1) is 11.3 Å². The van der Waals surface area contributed by atoms with Crippen LogP contribution in [0.2, 0.25) is 5.02 Å². The molecule has 1 spiro atoms. The molecule has 174 valence electrons. The summed E-state index contributed by atoms with van der Waals surface area (Å²) in [6.45, 7) is 0. The van der Waals surface area contributed by atoms with Crippen LogP contribution in [-0.4, -0.2) is 26.5 Å². The third-order valence-corrected chi connectivity index (χ3v) is 8.69. The lowest BCUT2D eigenvalue weighted by Crippen LogP contribution is -2.73. The second-order valence-corrected chi connectivity index (χ2v) is 12.0. The summed E-state index contributed by atoms with van der Waals surface area (Å²) in [5.41, 5.74) is 12.9. The SMILES string of the molecule is NC1(NC(=O)c2ccc([S@@](=O)CC3CC3)o2)CC2(C1)CC(N)(c1nc3cc(Cl)ccc3o1)C2. The third kappa shape index (κ3) is 3.80. The van der Waals surface area contributed by atoms with Crippen molar-refractivity contribution in [1.82, 2.24) is 10.3 Å². The first-order valence-electron chi connectivity index (χ1n) is 11.1. The van der Waals surface area contributed by atoms with Crippen molar-refractivity contribution in [3.05, 3.63) is 47.0 Å². The van der Waals surface area contributed by atoms with Crippen LogP contribution in [0.3, 0.4) is 0 Å². The second kappa shape index (κ2) is 7.15. The minimum absolute atomic E-state index is 0.0465. The molecular formula is C23H25ClN4O4S. The van der Waals surface area contributed by atoms with Crippen LogP contribution < -0.4 is 16.8 Å². The molecule has 0 aliphatic heterocycles. The summed E-state index contributed by atoms with van der Waals surface area (Å²) in [6.07, 6.45) is 4.81. The summed E-state index contributed by atoms with van der Waals surface area (Å²) in [5.74, 6) is 1.34. The Kier molecular flexibility index (Phi) is 4.62.